The molecule has 0 aromatic carbocycles. The maximum absolute atomic E-state index is 11.0. The molecule has 4 N–H and O–H groups in total. The van der Waals surface area contributed by atoms with Crippen molar-refractivity contribution in [1.29, 1.82) is 5.26 Å². The lowest BCUT2D eigenvalue weighted by Crippen LogP contribution is -2.14. The van der Waals surface area contributed by atoms with Gasteiger partial charge in [-0.3, -0.25) is 9.48 Å². The van der Waals surface area contributed by atoms with Gasteiger partial charge in [-0.2, -0.15) is 10.4 Å². The van der Waals surface area contributed by atoms with Gasteiger partial charge in [-0.25, -0.2) is 0 Å². The molecular weight excluding hydrogens is 206 g/mol. The van der Waals surface area contributed by atoms with Crippen LogP contribution in [0.25, 0.3) is 0 Å². The van der Waals surface area contributed by atoms with Crippen LogP contribution in [-0.2, 0) is 0 Å². The Morgan fingerprint density at radius 2 is 2.38 bits per heavy atom. The first-order chi connectivity index (χ1) is 7.63. The average Bonchev–Trinajstić information content (AvgIpc) is 2.82. The van der Waals surface area contributed by atoms with E-state index >= 15 is 0 Å². The first kappa shape index (κ1) is 10.5. The summed E-state index contributed by atoms with van der Waals surface area (Å²) in [5, 5.41) is 13.0. The lowest BCUT2D eigenvalue weighted by Gasteiger charge is -2.13. The molecule has 0 saturated heterocycles. The molecule has 2 rings (SSSR count). The second-order valence-electron chi connectivity index (χ2n) is 4.01. The minimum atomic E-state index is -0.588. The highest BCUT2D eigenvalue weighted by Crippen LogP contribution is 2.35. The third-order valence-electron chi connectivity index (χ3n) is 3.01. The molecule has 1 saturated carbocycles. The van der Waals surface area contributed by atoms with Crippen LogP contribution in [0.5, 0.6) is 0 Å². The summed E-state index contributed by atoms with van der Waals surface area (Å²) in [7, 11) is 0. The number of aromatic nitrogens is 2. The van der Waals surface area contributed by atoms with Crippen molar-refractivity contribution in [3.05, 3.63) is 11.8 Å². The summed E-state index contributed by atoms with van der Waals surface area (Å²) in [6, 6.07) is 2.27. The van der Waals surface area contributed by atoms with Crippen molar-refractivity contribution in [2.45, 2.75) is 25.3 Å². The number of rotatable bonds is 2. The van der Waals surface area contributed by atoms with E-state index < -0.39 is 5.91 Å². The first-order valence-corrected chi connectivity index (χ1v) is 5.17. The van der Waals surface area contributed by atoms with Crippen molar-refractivity contribution in [2.24, 2.45) is 11.7 Å². The van der Waals surface area contributed by atoms with Gasteiger partial charge in [0.05, 0.1) is 18.0 Å². The number of nitriles is 1. The number of nitrogens with two attached hydrogens (primary N) is 2. The number of carbonyl (C=O) groups is 1. The van der Waals surface area contributed by atoms with Crippen molar-refractivity contribution >= 4 is 11.7 Å². The number of primary amides is 1. The topological polar surface area (TPSA) is 111 Å². The molecule has 1 aliphatic carbocycles. The highest BCUT2D eigenvalue weighted by Gasteiger charge is 2.30. The van der Waals surface area contributed by atoms with Crippen LogP contribution in [-0.4, -0.2) is 15.7 Å². The quantitative estimate of drug-likeness (QED) is 0.751. The Hall–Kier alpha value is -2.03. The van der Waals surface area contributed by atoms with Gasteiger partial charge in [0.2, 0.25) is 0 Å². The molecule has 1 aromatic heterocycles. The number of hydrogen-bond donors (Lipinski definition) is 2. The Morgan fingerprint density at radius 1 is 1.62 bits per heavy atom. The van der Waals surface area contributed by atoms with Crippen molar-refractivity contribution < 1.29 is 4.79 Å². The Labute approximate surface area is 92.8 Å². The van der Waals surface area contributed by atoms with Crippen molar-refractivity contribution in [3.63, 3.8) is 0 Å². The normalized spacial score (nSPS) is 24.2. The Bertz CT molecular complexity index is 458. The summed E-state index contributed by atoms with van der Waals surface area (Å²) in [6.45, 7) is 0. The van der Waals surface area contributed by atoms with E-state index in [1.54, 1.807) is 4.68 Å². The number of carbonyl (C=O) groups excluding carboxylic acids is 1. The highest BCUT2D eigenvalue weighted by atomic mass is 16.1. The number of hydrogen-bond acceptors (Lipinski definition) is 4. The van der Waals surface area contributed by atoms with E-state index in [-0.39, 0.29) is 23.3 Å². The van der Waals surface area contributed by atoms with Crippen molar-refractivity contribution in [3.8, 4) is 6.07 Å². The van der Waals surface area contributed by atoms with Gasteiger partial charge in [0, 0.05) is 6.20 Å². The van der Waals surface area contributed by atoms with Crippen LogP contribution in [0.2, 0.25) is 0 Å². The van der Waals surface area contributed by atoms with E-state index in [9.17, 15) is 4.79 Å². The lowest BCUT2D eigenvalue weighted by molar-refractivity contribution is 0.100. The van der Waals surface area contributed by atoms with E-state index in [0.29, 0.717) is 0 Å². The molecule has 1 amide bonds. The minimum absolute atomic E-state index is 0.0143. The van der Waals surface area contributed by atoms with Crippen LogP contribution < -0.4 is 11.5 Å². The lowest BCUT2D eigenvalue weighted by atomic mass is 10.1. The molecule has 0 aliphatic heterocycles. The molecule has 2 atom stereocenters. The molecule has 0 radical (unpaired) electrons. The SMILES string of the molecule is N#CC1CCC[C@@H]1n1cc(C(N)=O)c(N)n1. The van der Waals surface area contributed by atoms with Gasteiger partial charge < -0.3 is 11.5 Å². The maximum atomic E-state index is 11.0. The largest absolute Gasteiger partial charge is 0.382 e. The fraction of sp³-hybridized carbons (Fsp3) is 0.500. The summed E-state index contributed by atoms with van der Waals surface area (Å²) < 4.78 is 1.61. The monoisotopic (exact) mass is 219 g/mol. The van der Waals surface area contributed by atoms with Gasteiger partial charge in [-0.05, 0) is 19.3 Å². The summed E-state index contributed by atoms with van der Waals surface area (Å²) in [4.78, 5) is 11.0. The number of nitrogen functional groups attached to an aromatic ring is 1. The highest BCUT2D eigenvalue weighted by molar-refractivity contribution is 5.96. The first-order valence-electron chi connectivity index (χ1n) is 5.17. The molecule has 1 aliphatic rings. The van der Waals surface area contributed by atoms with E-state index in [1.165, 1.54) is 6.20 Å². The van der Waals surface area contributed by atoms with Gasteiger partial charge in [0.25, 0.3) is 5.91 Å². The molecule has 1 heterocycles. The second kappa shape index (κ2) is 3.85. The van der Waals surface area contributed by atoms with Crippen LogP contribution in [0, 0.1) is 17.2 Å². The van der Waals surface area contributed by atoms with E-state index in [1.807, 2.05) is 0 Å². The van der Waals surface area contributed by atoms with Crippen LogP contribution in [0.4, 0.5) is 5.82 Å². The fourth-order valence-corrected chi connectivity index (χ4v) is 2.17. The predicted molar refractivity (Wildman–Crippen MR) is 57.1 cm³/mol. The third-order valence-corrected chi connectivity index (χ3v) is 3.01. The Morgan fingerprint density at radius 3 is 2.94 bits per heavy atom. The van der Waals surface area contributed by atoms with Crippen molar-refractivity contribution in [2.75, 3.05) is 5.73 Å². The molecule has 1 aromatic rings. The Kier molecular flexibility index (Phi) is 2.52. The van der Waals surface area contributed by atoms with Gasteiger partial charge in [-0.1, -0.05) is 0 Å². The third kappa shape index (κ3) is 1.60. The average molecular weight is 219 g/mol. The smallest absolute Gasteiger partial charge is 0.254 e. The van der Waals surface area contributed by atoms with Gasteiger partial charge >= 0.3 is 0 Å². The van der Waals surface area contributed by atoms with Crippen LogP contribution in [0.1, 0.15) is 35.7 Å². The summed E-state index contributed by atoms with van der Waals surface area (Å²) in [5.74, 6) is -0.508. The number of amides is 1. The summed E-state index contributed by atoms with van der Waals surface area (Å²) in [5.41, 5.74) is 11.0. The number of anilines is 1. The van der Waals surface area contributed by atoms with Gasteiger partial charge in [-0.15, -0.1) is 0 Å². The van der Waals surface area contributed by atoms with E-state index in [0.717, 1.165) is 19.3 Å². The molecule has 0 spiro atoms. The maximum Gasteiger partial charge on any atom is 0.254 e. The van der Waals surface area contributed by atoms with Crippen LogP contribution in [0.3, 0.4) is 0 Å². The molecule has 1 fully saturated rings. The fourth-order valence-electron chi connectivity index (χ4n) is 2.17. The van der Waals surface area contributed by atoms with Crippen molar-refractivity contribution in [1.82, 2.24) is 9.78 Å². The molecule has 1 unspecified atom stereocenters. The predicted octanol–water partition coefficient (Wildman–Crippen LogP) is 0.429. The van der Waals surface area contributed by atoms with Crippen LogP contribution >= 0.6 is 0 Å². The van der Waals surface area contributed by atoms with E-state index in [4.69, 9.17) is 16.7 Å². The Balaban J connectivity index is 2.31. The second-order valence-corrected chi connectivity index (χ2v) is 4.01. The zero-order chi connectivity index (χ0) is 11.7. The van der Waals surface area contributed by atoms with Gasteiger partial charge in [0.1, 0.15) is 5.56 Å². The van der Waals surface area contributed by atoms with Crippen LogP contribution in [0.15, 0.2) is 6.20 Å². The molecule has 16 heavy (non-hydrogen) atoms. The molecule has 6 nitrogen and oxygen atoms in total. The molecule has 84 valence electrons. The van der Waals surface area contributed by atoms with E-state index in [2.05, 4.69) is 11.2 Å². The minimum Gasteiger partial charge on any atom is -0.382 e. The standard InChI is InChI=1S/C10H13N5O/c11-4-6-2-1-3-8(6)15-5-7(10(13)16)9(12)14-15/h5-6,8H,1-3H2,(H2,12,14)(H2,13,16)/t6?,8-/m0/s1. The summed E-state index contributed by atoms with van der Waals surface area (Å²) >= 11 is 0. The molecule has 6 heteroatoms. The van der Waals surface area contributed by atoms with Gasteiger partial charge in [0.15, 0.2) is 5.82 Å². The molecule has 0 bridgehead atoms. The number of nitrogens with zero attached hydrogens (tertiary/aromatic N) is 3. The zero-order valence-electron chi connectivity index (χ0n) is 8.76. The molecular formula is C10H13N5O. The zero-order valence-corrected chi connectivity index (χ0v) is 8.76. The summed E-state index contributed by atoms with van der Waals surface area (Å²) in [6.07, 6.45) is 4.29.